The van der Waals surface area contributed by atoms with Gasteiger partial charge >= 0.3 is 0 Å². The molecule has 2 aromatic carbocycles. The zero-order valence-electron chi connectivity index (χ0n) is 11.9. The summed E-state index contributed by atoms with van der Waals surface area (Å²) in [5, 5.41) is 1.49. The highest BCUT2D eigenvalue weighted by Crippen LogP contribution is 2.16. The molecule has 1 amide bonds. The molecule has 0 radical (unpaired) electrons. The van der Waals surface area contributed by atoms with Crippen molar-refractivity contribution in [2.75, 3.05) is 0 Å². The number of hydrogen-bond donors (Lipinski definition) is 2. The SMILES string of the molecule is O=C(NNS(=O)(=O)c1ccccc1)c1nccc2ccccc12. The van der Waals surface area contributed by atoms with Crippen molar-refractivity contribution in [1.82, 2.24) is 15.2 Å². The number of amides is 1. The maximum absolute atomic E-state index is 12.2. The Labute approximate surface area is 133 Å². The van der Waals surface area contributed by atoms with Gasteiger partial charge in [0.05, 0.1) is 4.90 Å². The van der Waals surface area contributed by atoms with Crippen molar-refractivity contribution < 1.29 is 13.2 Å². The average molecular weight is 327 g/mol. The lowest BCUT2D eigenvalue weighted by Crippen LogP contribution is -2.41. The van der Waals surface area contributed by atoms with Gasteiger partial charge in [0.1, 0.15) is 5.69 Å². The molecular formula is C16H13N3O3S. The third-order valence-electron chi connectivity index (χ3n) is 3.24. The average Bonchev–Trinajstić information content (AvgIpc) is 2.60. The zero-order valence-corrected chi connectivity index (χ0v) is 12.7. The molecule has 1 aromatic heterocycles. The second-order valence-corrected chi connectivity index (χ2v) is 6.44. The normalized spacial score (nSPS) is 11.3. The van der Waals surface area contributed by atoms with Crippen LogP contribution in [-0.2, 0) is 10.0 Å². The molecule has 23 heavy (non-hydrogen) atoms. The summed E-state index contributed by atoms with van der Waals surface area (Å²) in [6, 6.07) is 16.8. The lowest BCUT2D eigenvalue weighted by Gasteiger charge is -2.09. The molecule has 0 spiro atoms. The molecule has 0 fully saturated rings. The van der Waals surface area contributed by atoms with E-state index >= 15 is 0 Å². The minimum absolute atomic E-state index is 0.0613. The van der Waals surface area contributed by atoms with Gasteiger partial charge in [0.15, 0.2) is 0 Å². The second-order valence-electron chi connectivity index (χ2n) is 4.75. The predicted octanol–water partition coefficient (Wildman–Crippen LogP) is 1.86. The van der Waals surface area contributed by atoms with Gasteiger partial charge in [0.25, 0.3) is 15.9 Å². The lowest BCUT2D eigenvalue weighted by molar-refractivity contribution is 0.0942. The fourth-order valence-electron chi connectivity index (χ4n) is 2.13. The lowest BCUT2D eigenvalue weighted by atomic mass is 10.1. The Morgan fingerprint density at radius 2 is 1.61 bits per heavy atom. The molecule has 7 heteroatoms. The number of sulfonamides is 1. The number of carbonyl (C=O) groups excluding carboxylic acids is 1. The van der Waals surface area contributed by atoms with E-state index in [0.29, 0.717) is 5.39 Å². The fraction of sp³-hybridized carbons (Fsp3) is 0. The number of fused-ring (bicyclic) bond motifs is 1. The summed E-state index contributed by atoms with van der Waals surface area (Å²) >= 11 is 0. The smallest absolute Gasteiger partial charge is 0.272 e. The first-order valence-electron chi connectivity index (χ1n) is 6.79. The summed E-state index contributed by atoms with van der Waals surface area (Å²) in [7, 11) is -3.83. The van der Waals surface area contributed by atoms with Crippen LogP contribution < -0.4 is 10.3 Å². The molecule has 116 valence electrons. The van der Waals surface area contributed by atoms with E-state index in [9.17, 15) is 13.2 Å². The van der Waals surface area contributed by atoms with Crippen molar-refractivity contribution in [2.24, 2.45) is 0 Å². The summed E-state index contributed by atoms with van der Waals surface area (Å²) in [4.78, 5) is 18.4. The van der Waals surface area contributed by atoms with Gasteiger partial charge in [-0.15, -0.1) is 4.83 Å². The molecular weight excluding hydrogens is 314 g/mol. The molecule has 0 unspecified atom stereocenters. The molecule has 0 saturated heterocycles. The molecule has 6 nitrogen and oxygen atoms in total. The molecule has 0 atom stereocenters. The molecule has 1 heterocycles. The van der Waals surface area contributed by atoms with Gasteiger partial charge in [-0.25, -0.2) is 8.42 Å². The van der Waals surface area contributed by atoms with Crippen LogP contribution in [0.4, 0.5) is 0 Å². The quantitative estimate of drug-likeness (QED) is 0.716. The molecule has 0 aliphatic rings. The van der Waals surface area contributed by atoms with E-state index in [4.69, 9.17) is 0 Å². The van der Waals surface area contributed by atoms with Crippen LogP contribution in [0.1, 0.15) is 10.5 Å². The van der Waals surface area contributed by atoms with Crippen LogP contribution in [0.5, 0.6) is 0 Å². The third kappa shape index (κ3) is 3.20. The number of aromatic nitrogens is 1. The molecule has 3 rings (SSSR count). The van der Waals surface area contributed by atoms with Crippen LogP contribution in [-0.4, -0.2) is 19.3 Å². The van der Waals surface area contributed by atoms with Crippen LogP contribution in [0.25, 0.3) is 10.8 Å². The summed E-state index contributed by atoms with van der Waals surface area (Å²) in [6.07, 6.45) is 1.50. The molecule has 0 aliphatic carbocycles. The Kier molecular flexibility index (Phi) is 4.05. The first-order chi connectivity index (χ1) is 11.1. The van der Waals surface area contributed by atoms with Gasteiger partial charge < -0.3 is 0 Å². The highest BCUT2D eigenvalue weighted by atomic mass is 32.2. The van der Waals surface area contributed by atoms with E-state index in [1.807, 2.05) is 12.1 Å². The Morgan fingerprint density at radius 1 is 0.913 bits per heavy atom. The van der Waals surface area contributed by atoms with Gasteiger partial charge in [-0.2, -0.15) is 0 Å². The summed E-state index contributed by atoms with van der Waals surface area (Å²) in [6.45, 7) is 0. The Morgan fingerprint density at radius 3 is 2.39 bits per heavy atom. The number of hydrogen-bond acceptors (Lipinski definition) is 4. The number of pyridine rings is 1. The standard InChI is InChI=1S/C16H13N3O3S/c20-16(15-14-9-5-4-6-12(14)10-11-17-15)18-19-23(21,22)13-7-2-1-3-8-13/h1-11,19H,(H,18,20). The van der Waals surface area contributed by atoms with Crippen LogP contribution in [0.3, 0.4) is 0 Å². The van der Waals surface area contributed by atoms with Crippen molar-refractivity contribution >= 4 is 26.7 Å². The van der Waals surface area contributed by atoms with Gasteiger partial charge in [-0.05, 0) is 23.6 Å². The largest absolute Gasteiger partial charge is 0.285 e. The minimum atomic E-state index is -3.83. The Bertz CT molecular complexity index is 951. The minimum Gasteiger partial charge on any atom is -0.272 e. The van der Waals surface area contributed by atoms with E-state index in [0.717, 1.165) is 5.39 Å². The summed E-state index contributed by atoms with van der Waals surface area (Å²) in [5.74, 6) is -0.624. The van der Waals surface area contributed by atoms with E-state index < -0.39 is 15.9 Å². The fourth-order valence-corrected chi connectivity index (χ4v) is 2.99. The van der Waals surface area contributed by atoms with E-state index in [2.05, 4.69) is 15.2 Å². The van der Waals surface area contributed by atoms with Crippen LogP contribution >= 0.6 is 0 Å². The Hall–Kier alpha value is -2.77. The molecule has 0 bridgehead atoms. The summed E-state index contributed by atoms with van der Waals surface area (Å²) < 4.78 is 24.2. The van der Waals surface area contributed by atoms with Crippen molar-refractivity contribution in [3.63, 3.8) is 0 Å². The predicted molar refractivity (Wildman–Crippen MR) is 86.0 cm³/mol. The van der Waals surface area contributed by atoms with Crippen LogP contribution in [0, 0.1) is 0 Å². The number of nitrogens with zero attached hydrogens (tertiary/aromatic N) is 1. The number of benzene rings is 2. The van der Waals surface area contributed by atoms with E-state index in [1.54, 1.807) is 36.4 Å². The molecule has 0 saturated carbocycles. The maximum Gasteiger partial charge on any atom is 0.285 e. The van der Waals surface area contributed by atoms with E-state index in [-0.39, 0.29) is 10.6 Å². The van der Waals surface area contributed by atoms with Crippen LogP contribution in [0.2, 0.25) is 0 Å². The highest BCUT2D eigenvalue weighted by Gasteiger charge is 2.17. The second kappa shape index (κ2) is 6.15. The van der Waals surface area contributed by atoms with Crippen molar-refractivity contribution in [3.05, 3.63) is 72.6 Å². The molecule has 2 N–H and O–H groups in total. The maximum atomic E-state index is 12.2. The topological polar surface area (TPSA) is 88.2 Å². The zero-order chi connectivity index (χ0) is 16.3. The monoisotopic (exact) mass is 327 g/mol. The highest BCUT2D eigenvalue weighted by molar-refractivity contribution is 7.89. The number of hydrazine groups is 1. The Balaban J connectivity index is 1.82. The first kappa shape index (κ1) is 15.1. The van der Waals surface area contributed by atoms with E-state index in [1.165, 1.54) is 18.3 Å². The van der Waals surface area contributed by atoms with Gasteiger partial charge in [0.2, 0.25) is 0 Å². The van der Waals surface area contributed by atoms with Crippen molar-refractivity contribution in [1.29, 1.82) is 0 Å². The number of rotatable bonds is 4. The van der Waals surface area contributed by atoms with Gasteiger partial charge in [-0.3, -0.25) is 15.2 Å². The van der Waals surface area contributed by atoms with Gasteiger partial charge in [0, 0.05) is 11.6 Å². The van der Waals surface area contributed by atoms with Crippen molar-refractivity contribution in [2.45, 2.75) is 4.90 Å². The summed E-state index contributed by atoms with van der Waals surface area (Å²) in [5.41, 5.74) is 2.34. The third-order valence-corrected chi connectivity index (χ3v) is 4.50. The first-order valence-corrected chi connectivity index (χ1v) is 8.27. The number of nitrogens with one attached hydrogen (secondary N) is 2. The molecule has 0 aliphatic heterocycles. The van der Waals surface area contributed by atoms with Gasteiger partial charge in [-0.1, -0.05) is 42.5 Å². The van der Waals surface area contributed by atoms with Crippen molar-refractivity contribution in [3.8, 4) is 0 Å². The number of carbonyl (C=O) groups is 1. The van der Waals surface area contributed by atoms with Crippen LogP contribution in [0.15, 0.2) is 71.8 Å². The molecule has 3 aromatic rings.